The zero-order valence-electron chi connectivity index (χ0n) is 25.9. The van der Waals surface area contributed by atoms with Gasteiger partial charge in [0.15, 0.2) is 0 Å². The van der Waals surface area contributed by atoms with Crippen LogP contribution in [0.2, 0.25) is 0 Å². The highest BCUT2D eigenvalue weighted by Gasteiger charge is 2.42. The van der Waals surface area contributed by atoms with Crippen LogP contribution in [0.5, 0.6) is 0 Å². The van der Waals surface area contributed by atoms with Crippen LogP contribution in [0.1, 0.15) is 94.0 Å². The molecule has 2 fully saturated rings. The lowest BCUT2D eigenvalue weighted by Crippen LogP contribution is -2.46. The molecule has 0 bridgehead atoms. The molecule has 11 heteroatoms. The van der Waals surface area contributed by atoms with Gasteiger partial charge in [-0.3, -0.25) is 19.2 Å². The standard InChI is InChI=1S/C32H50N6O5/c1-3-5-7-9-10-12-18-38-27(30(41)35-17-11-8-6-4-2)22-37(32(38)43)19-23-13-15-24(16-14-23)31(42)36-20-25(28(33)39)26(21-36)29(34)40/h13-16,25-27H,3-12,17-22H2,1-2H3,(H2,33,39)(H2,34,40)(H,35,41)/t25-,26-,27?/m1/s1. The largest absolute Gasteiger partial charge is 0.369 e. The SMILES string of the molecule is CCCCCCCCN1C(=O)N(Cc2ccc(C(=O)N3C[C@@H](C(N)=O)[C@H](C(N)=O)C3)cc2)CC1C(=O)NCCCCCC. The molecule has 2 aliphatic heterocycles. The van der Waals surface area contributed by atoms with Gasteiger partial charge in [-0.2, -0.15) is 0 Å². The fourth-order valence-corrected chi connectivity index (χ4v) is 5.95. The van der Waals surface area contributed by atoms with Crippen LogP contribution >= 0.6 is 0 Å². The zero-order valence-corrected chi connectivity index (χ0v) is 25.9. The molecule has 0 saturated carbocycles. The number of nitrogens with two attached hydrogens (primary N) is 2. The van der Waals surface area contributed by atoms with Gasteiger partial charge in [-0.05, 0) is 30.5 Å². The second-order valence-electron chi connectivity index (χ2n) is 11.9. The van der Waals surface area contributed by atoms with Gasteiger partial charge in [-0.15, -0.1) is 0 Å². The molecular formula is C32H50N6O5. The van der Waals surface area contributed by atoms with Gasteiger partial charge in [-0.1, -0.05) is 77.3 Å². The number of benzene rings is 1. The van der Waals surface area contributed by atoms with E-state index < -0.39 is 29.7 Å². The van der Waals surface area contributed by atoms with Gasteiger partial charge < -0.3 is 31.5 Å². The molecular weight excluding hydrogens is 548 g/mol. The van der Waals surface area contributed by atoms with Gasteiger partial charge in [0, 0.05) is 38.3 Å². The molecule has 1 aromatic rings. The van der Waals surface area contributed by atoms with Crippen LogP contribution in [-0.2, 0) is 20.9 Å². The molecule has 6 amide bonds. The Balaban J connectivity index is 1.62. The van der Waals surface area contributed by atoms with E-state index >= 15 is 0 Å². The van der Waals surface area contributed by atoms with E-state index in [4.69, 9.17) is 11.5 Å². The highest BCUT2D eigenvalue weighted by atomic mass is 16.2. The van der Waals surface area contributed by atoms with E-state index in [1.165, 1.54) is 24.2 Å². The summed E-state index contributed by atoms with van der Waals surface area (Å²) < 4.78 is 0. The van der Waals surface area contributed by atoms with Crippen LogP contribution in [0.25, 0.3) is 0 Å². The summed E-state index contributed by atoms with van der Waals surface area (Å²) >= 11 is 0. The lowest BCUT2D eigenvalue weighted by molar-refractivity contribution is -0.129. The number of likely N-dealkylation sites (tertiary alicyclic amines) is 1. The van der Waals surface area contributed by atoms with Crippen molar-refractivity contribution in [2.45, 2.75) is 90.6 Å². The van der Waals surface area contributed by atoms with Crippen molar-refractivity contribution in [2.24, 2.45) is 23.3 Å². The van der Waals surface area contributed by atoms with E-state index in [9.17, 15) is 24.0 Å². The third-order valence-corrected chi connectivity index (χ3v) is 8.58. The molecule has 1 aromatic carbocycles. The number of hydrogen-bond acceptors (Lipinski definition) is 5. The molecule has 0 radical (unpaired) electrons. The molecule has 0 aliphatic carbocycles. The average molecular weight is 599 g/mol. The second kappa shape index (κ2) is 16.9. The molecule has 11 nitrogen and oxygen atoms in total. The van der Waals surface area contributed by atoms with Crippen molar-refractivity contribution in [3.8, 4) is 0 Å². The van der Waals surface area contributed by atoms with Crippen molar-refractivity contribution >= 4 is 29.7 Å². The summed E-state index contributed by atoms with van der Waals surface area (Å²) in [5, 5.41) is 3.04. The highest BCUT2D eigenvalue weighted by molar-refractivity contribution is 5.96. The first kappa shape index (κ1) is 33.9. The normalized spacial score (nSPS) is 20.1. The number of amides is 6. The van der Waals surface area contributed by atoms with Crippen LogP contribution in [0.4, 0.5) is 4.79 Å². The Morgan fingerprint density at radius 2 is 1.35 bits per heavy atom. The molecule has 2 heterocycles. The van der Waals surface area contributed by atoms with E-state index in [0.717, 1.165) is 50.5 Å². The molecule has 0 spiro atoms. The van der Waals surface area contributed by atoms with Crippen molar-refractivity contribution in [3.05, 3.63) is 35.4 Å². The number of nitrogens with one attached hydrogen (secondary N) is 1. The maximum Gasteiger partial charge on any atom is 0.321 e. The molecule has 43 heavy (non-hydrogen) atoms. The maximum atomic E-state index is 13.5. The lowest BCUT2D eigenvalue weighted by Gasteiger charge is -2.22. The van der Waals surface area contributed by atoms with E-state index in [-0.39, 0.29) is 30.9 Å². The number of carbonyl (C=O) groups is 5. The maximum absolute atomic E-state index is 13.5. The van der Waals surface area contributed by atoms with Crippen LogP contribution < -0.4 is 16.8 Å². The summed E-state index contributed by atoms with van der Waals surface area (Å²) in [5.41, 5.74) is 12.1. The molecule has 238 valence electrons. The second-order valence-corrected chi connectivity index (χ2v) is 11.9. The Morgan fingerprint density at radius 1 is 0.791 bits per heavy atom. The van der Waals surface area contributed by atoms with E-state index in [1.807, 2.05) is 0 Å². The van der Waals surface area contributed by atoms with Gasteiger partial charge in [0.25, 0.3) is 5.91 Å². The summed E-state index contributed by atoms with van der Waals surface area (Å²) in [7, 11) is 0. The topological polar surface area (TPSA) is 159 Å². The van der Waals surface area contributed by atoms with Crippen molar-refractivity contribution in [1.82, 2.24) is 20.0 Å². The molecule has 2 aliphatic rings. The third-order valence-electron chi connectivity index (χ3n) is 8.58. The fourth-order valence-electron chi connectivity index (χ4n) is 5.95. The molecule has 3 atom stereocenters. The Bertz CT molecular complexity index is 1090. The van der Waals surface area contributed by atoms with Gasteiger partial charge >= 0.3 is 6.03 Å². The van der Waals surface area contributed by atoms with E-state index in [0.29, 0.717) is 31.7 Å². The van der Waals surface area contributed by atoms with Crippen LogP contribution in [-0.4, -0.2) is 83.1 Å². The van der Waals surface area contributed by atoms with Gasteiger partial charge in [0.05, 0.1) is 18.4 Å². The minimum Gasteiger partial charge on any atom is -0.369 e. The number of hydrogen-bond donors (Lipinski definition) is 3. The van der Waals surface area contributed by atoms with Crippen LogP contribution in [0.3, 0.4) is 0 Å². The first-order valence-corrected chi connectivity index (χ1v) is 16.0. The smallest absolute Gasteiger partial charge is 0.321 e. The van der Waals surface area contributed by atoms with Crippen LogP contribution in [0, 0.1) is 11.8 Å². The summed E-state index contributed by atoms with van der Waals surface area (Å²) in [4.78, 5) is 68.1. The number of rotatable bonds is 18. The predicted octanol–water partition coefficient (Wildman–Crippen LogP) is 3.01. The first-order valence-electron chi connectivity index (χ1n) is 16.0. The zero-order chi connectivity index (χ0) is 31.4. The third kappa shape index (κ3) is 9.43. The Kier molecular flexibility index (Phi) is 13.3. The summed E-state index contributed by atoms with van der Waals surface area (Å²) in [6.45, 7) is 6.22. The fraction of sp³-hybridized carbons (Fsp3) is 0.656. The quantitative estimate of drug-likeness (QED) is 0.221. The predicted molar refractivity (Wildman–Crippen MR) is 165 cm³/mol. The summed E-state index contributed by atoms with van der Waals surface area (Å²) in [6.07, 6.45) is 10.9. The van der Waals surface area contributed by atoms with Crippen molar-refractivity contribution in [3.63, 3.8) is 0 Å². The number of carbonyl (C=O) groups excluding carboxylic acids is 5. The first-order chi connectivity index (χ1) is 20.7. The summed E-state index contributed by atoms with van der Waals surface area (Å²) in [5.74, 6) is -3.34. The van der Waals surface area contributed by atoms with Gasteiger partial charge in [0.2, 0.25) is 17.7 Å². The van der Waals surface area contributed by atoms with E-state index in [1.54, 1.807) is 34.1 Å². The number of primary amides is 2. The molecule has 0 aromatic heterocycles. The van der Waals surface area contributed by atoms with Gasteiger partial charge in [0.1, 0.15) is 6.04 Å². The van der Waals surface area contributed by atoms with Crippen molar-refractivity contribution in [2.75, 3.05) is 32.7 Å². The molecule has 2 saturated heterocycles. The minimum atomic E-state index is -0.803. The molecule has 1 unspecified atom stereocenters. The van der Waals surface area contributed by atoms with Crippen molar-refractivity contribution < 1.29 is 24.0 Å². The number of urea groups is 1. The highest BCUT2D eigenvalue weighted by Crippen LogP contribution is 2.25. The van der Waals surface area contributed by atoms with Gasteiger partial charge in [-0.25, -0.2) is 4.79 Å². The number of unbranched alkanes of at least 4 members (excludes halogenated alkanes) is 8. The molecule has 3 rings (SSSR count). The monoisotopic (exact) mass is 598 g/mol. The summed E-state index contributed by atoms with van der Waals surface area (Å²) in [6, 6.07) is 6.24. The Hall–Kier alpha value is -3.63. The molecule has 5 N–H and O–H groups in total. The Morgan fingerprint density at radius 3 is 1.93 bits per heavy atom. The van der Waals surface area contributed by atoms with Crippen molar-refractivity contribution in [1.29, 1.82) is 0 Å². The lowest BCUT2D eigenvalue weighted by atomic mass is 9.95. The van der Waals surface area contributed by atoms with Crippen LogP contribution in [0.15, 0.2) is 24.3 Å². The van der Waals surface area contributed by atoms with E-state index in [2.05, 4.69) is 19.2 Å². The Labute approximate surface area is 255 Å². The average Bonchev–Trinajstić information content (AvgIpc) is 3.57. The number of nitrogens with zero attached hydrogens (tertiary/aromatic N) is 3. The minimum absolute atomic E-state index is 0.0439.